The lowest BCUT2D eigenvalue weighted by Crippen LogP contribution is -2.46. The Balaban J connectivity index is 1.52. The molecule has 1 fully saturated rings. The van der Waals surface area contributed by atoms with Crippen LogP contribution in [0.4, 0.5) is 0 Å². The minimum Gasteiger partial charge on any atom is -0.354 e. The van der Waals surface area contributed by atoms with Crippen molar-refractivity contribution in [2.75, 3.05) is 13.1 Å². The molecule has 1 N–H and O–H groups in total. The summed E-state index contributed by atoms with van der Waals surface area (Å²) >= 11 is 1.70. The van der Waals surface area contributed by atoms with Gasteiger partial charge >= 0.3 is 0 Å². The summed E-state index contributed by atoms with van der Waals surface area (Å²) in [7, 11) is 0. The van der Waals surface area contributed by atoms with E-state index >= 15 is 0 Å². The molecule has 0 radical (unpaired) electrons. The second-order valence-corrected chi connectivity index (χ2v) is 7.06. The molecular formula is C19H22N2O2S. The highest BCUT2D eigenvalue weighted by molar-refractivity contribution is 7.09. The van der Waals surface area contributed by atoms with E-state index in [1.807, 2.05) is 41.8 Å². The summed E-state index contributed by atoms with van der Waals surface area (Å²) in [5.74, 6) is 0.0163. The molecule has 24 heavy (non-hydrogen) atoms. The van der Waals surface area contributed by atoms with Gasteiger partial charge in [0.1, 0.15) is 6.04 Å². The summed E-state index contributed by atoms with van der Waals surface area (Å²) in [6, 6.07) is 13.5. The van der Waals surface area contributed by atoms with Crippen LogP contribution in [0.15, 0.2) is 47.8 Å². The Hall–Kier alpha value is -2.14. The van der Waals surface area contributed by atoms with E-state index in [-0.39, 0.29) is 17.9 Å². The molecule has 2 amide bonds. The maximum absolute atomic E-state index is 12.5. The van der Waals surface area contributed by atoms with E-state index in [1.54, 1.807) is 16.2 Å². The van der Waals surface area contributed by atoms with Gasteiger partial charge in [-0.3, -0.25) is 9.59 Å². The summed E-state index contributed by atoms with van der Waals surface area (Å²) in [4.78, 5) is 28.0. The molecular weight excluding hydrogens is 320 g/mol. The molecule has 1 atom stereocenters. The van der Waals surface area contributed by atoms with Crippen molar-refractivity contribution in [3.63, 3.8) is 0 Å². The van der Waals surface area contributed by atoms with Gasteiger partial charge in [-0.1, -0.05) is 36.4 Å². The van der Waals surface area contributed by atoms with Crippen LogP contribution >= 0.6 is 11.3 Å². The first-order valence-corrected chi connectivity index (χ1v) is 9.25. The molecule has 1 aliphatic heterocycles. The highest BCUT2D eigenvalue weighted by atomic mass is 32.1. The normalized spacial score (nSPS) is 17.0. The summed E-state index contributed by atoms with van der Waals surface area (Å²) in [5.41, 5.74) is 0.992. The van der Waals surface area contributed by atoms with Gasteiger partial charge in [0.05, 0.1) is 6.42 Å². The van der Waals surface area contributed by atoms with Crippen LogP contribution in [-0.2, 0) is 22.4 Å². The van der Waals surface area contributed by atoms with E-state index in [0.717, 1.165) is 24.8 Å². The number of hydrogen-bond acceptors (Lipinski definition) is 3. The number of thiophene rings is 1. The average molecular weight is 342 g/mol. The lowest BCUT2D eigenvalue weighted by molar-refractivity contribution is -0.137. The predicted molar refractivity (Wildman–Crippen MR) is 95.9 cm³/mol. The van der Waals surface area contributed by atoms with E-state index < -0.39 is 0 Å². The highest BCUT2D eigenvalue weighted by Gasteiger charge is 2.33. The van der Waals surface area contributed by atoms with Crippen molar-refractivity contribution in [1.29, 1.82) is 0 Å². The van der Waals surface area contributed by atoms with Gasteiger partial charge in [-0.05, 0) is 36.3 Å². The van der Waals surface area contributed by atoms with Gasteiger partial charge in [-0.15, -0.1) is 11.3 Å². The Bertz CT molecular complexity index is 670. The number of hydrogen-bond donors (Lipinski definition) is 1. The Morgan fingerprint density at radius 1 is 1.17 bits per heavy atom. The molecule has 2 heterocycles. The molecule has 1 aromatic heterocycles. The molecule has 5 heteroatoms. The number of rotatable bonds is 6. The number of amides is 2. The molecule has 0 bridgehead atoms. The summed E-state index contributed by atoms with van der Waals surface area (Å²) in [6.07, 6.45) is 2.85. The molecule has 3 rings (SSSR count). The van der Waals surface area contributed by atoms with Crippen LogP contribution in [0.2, 0.25) is 0 Å². The third-order valence-electron chi connectivity index (χ3n) is 4.32. The van der Waals surface area contributed by atoms with Gasteiger partial charge in [0.15, 0.2) is 0 Å². The largest absolute Gasteiger partial charge is 0.354 e. The lowest BCUT2D eigenvalue weighted by atomic mass is 10.1. The second-order valence-electron chi connectivity index (χ2n) is 6.03. The zero-order valence-electron chi connectivity index (χ0n) is 13.6. The van der Waals surface area contributed by atoms with Crippen molar-refractivity contribution in [3.8, 4) is 0 Å². The summed E-state index contributed by atoms with van der Waals surface area (Å²) < 4.78 is 0. The number of carbonyl (C=O) groups excluding carboxylic acids is 2. The van der Waals surface area contributed by atoms with E-state index in [1.165, 1.54) is 4.88 Å². The fraction of sp³-hybridized carbons (Fsp3) is 0.368. The number of likely N-dealkylation sites (tertiary alicyclic amines) is 1. The Labute approximate surface area is 146 Å². The van der Waals surface area contributed by atoms with Gasteiger partial charge in [0, 0.05) is 18.0 Å². The highest BCUT2D eigenvalue weighted by Crippen LogP contribution is 2.19. The van der Waals surface area contributed by atoms with Gasteiger partial charge in [0.2, 0.25) is 11.8 Å². The molecule has 2 aromatic rings. The van der Waals surface area contributed by atoms with Crippen molar-refractivity contribution in [2.45, 2.75) is 31.7 Å². The molecule has 1 aliphatic rings. The van der Waals surface area contributed by atoms with Crippen LogP contribution in [0, 0.1) is 0 Å². The first-order valence-electron chi connectivity index (χ1n) is 8.37. The summed E-state index contributed by atoms with van der Waals surface area (Å²) in [5, 5.41) is 5.03. The maximum Gasteiger partial charge on any atom is 0.242 e. The molecule has 0 spiro atoms. The Morgan fingerprint density at radius 2 is 2.00 bits per heavy atom. The van der Waals surface area contributed by atoms with Crippen molar-refractivity contribution in [2.24, 2.45) is 0 Å². The Kier molecular flexibility index (Phi) is 5.64. The van der Waals surface area contributed by atoms with Gasteiger partial charge in [0.25, 0.3) is 0 Å². The average Bonchev–Trinajstić information content (AvgIpc) is 3.27. The van der Waals surface area contributed by atoms with E-state index in [2.05, 4.69) is 11.4 Å². The van der Waals surface area contributed by atoms with Crippen molar-refractivity contribution in [3.05, 3.63) is 58.3 Å². The number of nitrogens with one attached hydrogen (secondary N) is 1. The molecule has 4 nitrogen and oxygen atoms in total. The SMILES string of the molecule is O=C(NCCc1cccs1)C1CCCN1C(=O)Cc1ccccc1. The van der Waals surface area contributed by atoms with Crippen LogP contribution in [0.5, 0.6) is 0 Å². The van der Waals surface area contributed by atoms with Crippen molar-refractivity contribution >= 4 is 23.2 Å². The smallest absolute Gasteiger partial charge is 0.242 e. The fourth-order valence-electron chi connectivity index (χ4n) is 3.09. The minimum atomic E-state index is -0.315. The van der Waals surface area contributed by atoms with Gasteiger partial charge in [-0.25, -0.2) is 0 Å². The number of nitrogens with zero attached hydrogens (tertiary/aromatic N) is 1. The summed E-state index contributed by atoms with van der Waals surface area (Å²) in [6.45, 7) is 1.30. The number of carbonyl (C=O) groups is 2. The van der Waals surface area contributed by atoms with Gasteiger partial charge < -0.3 is 10.2 Å². The molecule has 0 saturated carbocycles. The van der Waals surface area contributed by atoms with Crippen LogP contribution in [-0.4, -0.2) is 35.8 Å². The van der Waals surface area contributed by atoms with E-state index in [9.17, 15) is 9.59 Å². The van der Waals surface area contributed by atoms with Gasteiger partial charge in [-0.2, -0.15) is 0 Å². The molecule has 1 unspecified atom stereocenters. The first-order chi connectivity index (χ1) is 11.7. The fourth-order valence-corrected chi connectivity index (χ4v) is 3.80. The monoisotopic (exact) mass is 342 g/mol. The third kappa shape index (κ3) is 4.23. The maximum atomic E-state index is 12.5. The van der Waals surface area contributed by atoms with E-state index in [0.29, 0.717) is 19.5 Å². The molecule has 1 aromatic carbocycles. The van der Waals surface area contributed by atoms with Crippen molar-refractivity contribution in [1.82, 2.24) is 10.2 Å². The Morgan fingerprint density at radius 3 is 2.75 bits per heavy atom. The topological polar surface area (TPSA) is 49.4 Å². The molecule has 126 valence electrons. The molecule has 1 saturated heterocycles. The minimum absolute atomic E-state index is 0.0227. The predicted octanol–water partition coefficient (Wildman–Crippen LogP) is 2.64. The number of benzene rings is 1. The molecule has 0 aliphatic carbocycles. The zero-order valence-corrected chi connectivity index (χ0v) is 14.4. The first kappa shape index (κ1) is 16.7. The van der Waals surface area contributed by atoms with Crippen LogP contribution in [0.3, 0.4) is 0 Å². The second kappa shape index (κ2) is 8.11. The van der Waals surface area contributed by atoms with Crippen LogP contribution in [0.25, 0.3) is 0 Å². The zero-order chi connectivity index (χ0) is 16.8. The van der Waals surface area contributed by atoms with Crippen LogP contribution in [0.1, 0.15) is 23.3 Å². The quantitative estimate of drug-likeness (QED) is 0.877. The van der Waals surface area contributed by atoms with Crippen LogP contribution < -0.4 is 5.32 Å². The lowest BCUT2D eigenvalue weighted by Gasteiger charge is -2.24. The van der Waals surface area contributed by atoms with E-state index in [4.69, 9.17) is 0 Å². The third-order valence-corrected chi connectivity index (χ3v) is 5.26. The standard InChI is InChI=1S/C19H22N2O2S/c22-18(14-15-6-2-1-3-7-15)21-12-4-9-17(21)19(23)20-11-10-16-8-5-13-24-16/h1-3,5-8,13,17H,4,9-12,14H2,(H,20,23). The van der Waals surface area contributed by atoms with Crippen molar-refractivity contribution < 1.29 is 9.59 Å².